The van der Waals surface area contributed by atoms with Crippen molar-refractivity contribution < 1.29 is 14.3 Å². The number of nitrogens with zero attached hydrogens (tertiary/aromatic N) is 4. The zero-order valence-electron chi connectivity index (χ0n) is 21.2. The number of carbonyl (C=O) groups is 2. The van der Waals surface area contributed by atoms with Gasteiger partial charge in [0.05, 0.1) is 28.7 Å². The Balaban J connectivity index is 1.13. The van der Waals surface area contributed by atoms with Crippen LogP contribution in [0.1, 0.15) is 36.9 Å². The first-order chi connectivity index (χ1) is 18.5. The van der Waals surface area contributed by atoms with E-state index in [0.717, 1.165) is 74.0 Å². The number of morpholine rings is 1. The van der Waals surface area contributed by atoms with Gasteiger partial charge in [-0.25, -0.2) is 9.67 Å². The number of aromatic nitrogens is 3. The molecule has 2 N–H and O–H groups in total. The van der Waals surface area contributed by atoms with Gasteiger partial charge in [0.15, 0.2) is 0 Å². The lowest BCUT2D eigenvalue weighted by Crippen LogP contribution is -2.36. The quantitative estimate of drug-likeness (QED) is 0.333. The summed E-state index contributed by atoms with van der Waals surface area (Å²) in [5, 5.41) is 9.95. The normalized spacial score (nSPS) is 13.8. The summed E-state index contributed by atoms with van der Waals surface area (Å²) in [5.74, 6) is -0.491. The summed E-state index contributed by atoms with van der Waals surface area (Å²) in [6.07, 6.45) is 5.16. The van der Waals surface area contributed by atoms with Gasteiger partial charge in [-0.1, -0.05) is 12.1 Å². The molecule has 9 nitrogen and oxygen atoms in total. The van der Waals surface area contributed by atoms with Crippen molar-refractivity contribution in [1.29, 1.82) is 0 Å². The molecule has 1 aliphatic heterocycles. The first kappa shape index (κ1) is 25.8. The van der Waals surface area contributed by atoms with Crippen LogP contribution in [-0.4, -0.2) is 64.3 Å². The number of anilines is 2. The van der Waals surface area contributed by atoms with Crippen LogP contribution in [0.4, 0.5) is 11.4 Å². The molecule has 2 aromatic heterocycles. The number of ether oxygens (including phenoxy) is 1. The molecule has 4 aromatic rings. The van der Waals surface area contributed by atoms with Crippen molar-refractivity contribution >= 4 is 34.5 Å². The van der Waals surface area contributed by atoms with Crippen molar-refractivity contribution in [1.82, 2.24) is 19.7 Å². The molecule has 0 saturated carbocycles. The van der Waals surface area contributed by atoms with Crippen LogP contribution in [0, 0.1) is 6.92 Å². The zero-order chi connectivity index (χ0) is 26.3. The number of aryl methyl sites for hydroxylation is 2. The monoisotopic (exact) mass is 530 g/mol. The summed E-state index contributed by atoms with van der Waals surface area (Å²) in [6, 6.07) is 16.8. The molecule has 196 valence electrons. The van der Waals surface area contributed by atoms with E-state index in [1.54, 1.807) is 35.3 Å². The maximum Gasteiger partial charge on any atom is 0.265 e. The number of benzene rings is 2. The Morgan fingerprint density at radius 3 is 2.39 bits per heavy atom. The zero-order valence-corrected chi connectivity index (χ0v) is 22.0. The van der Waals surface area contributed by atoms with Crippen LogP contribution in [0.15, 0.2) is 67.3 Å². The molecule has 3 heterocycles. The van der Waals surface area contributed by atoms with Crippen LogP contribution in [0.3, 0.4) is 0 Å². The van der Waals surface area contributed by atoms with Gasteiger partial charge in [0.1, 0.15) is 12.7 Å². The fraction of sp³-hybridized carbons (Fsp3) is 0.286. The second-order valence-electron chi connectivity index (χ2n) is 9.17. The highest BCUT2D eigenvalue weighted by molar-refractivity contribution is 7.16. The van der Waals surface area contributed by atoms with Gasteiger partial charge in [0.2, 0.25) is 0 Å². The van der Waals surface area contributed by atoms with Gasteiger partial charge in [-0.3, -0.25) is 14.5 Å². The molecule has 0 aliphatic carbocycles. The van der Waals surface area contributed by atoms with Crippen molar-refractivity contribution in [3.63, 3.8) is 0 Å². The molecule has 2 aromatic carbocycles. The van der Waals surface area contributed by atoms with Crippen LogP contribution >= 0.6 is 11.3 Å². The third-order valence-corrected chi connectivity index (χ3v) is 7.53. The highest BCUT2D eigenvalue weighted by Crippen LogP contribution is 2.23. The average Bonchev–Trinajstić information content (AvgIpc) is 3.65. The molecule has 0 spiro atoms. The number of rotatable bonds is 9. The molecular formula is C28H30N6O3S. The topological polar surface area (TPSA) is 101 Å². The first-order valence-corrected chi connectivity index (χ1v) is 13.4. The summed E-state index contributed by atoms with van der Waals surface area (Å²) >= 11 is 1.16. The van der Waals surface area contributed by atoms with Crippen molar-refractivity contribution in [2.24, 2.45) is 0 Å². The highest BCUT2D eigenvalue weighted by Gasteiger charge is 2.16. The molecule has 5 rings (SSSR count). The molecule has 2 amide bonds. The number of hydrogen-bond acceptors (Lipinski definition) is 7. The lowest BCUT2D eigenvalue weighted by Gasteiger charge is -2.26. The van der Waals surface area contributed by atoms with E-state index in [2.05, 4.69) is 37.7 Å². The van der Waals surface area contributed by atoms with Crippen LogP contribution in [0.5, 0.6) is 0 Å². The fourth-order valence-electron chi connectivity index (χ4n) is 4.35. The number of carbonyl (C=O) groups excluding carboxylic acids is 2. The molecule has 1 fully saturated rings. The lowest BCUT2D eigenvalue weighted by molar-refractivity contribution is 0.0374. The maximum atomic E-state index is 12.9. The minimum absolute atomic E-state index is 0.227. The van der Waals surface area contributed by atoms with Crippen molar-refractivity contribution in [2.75, 3.05) is 43.5 Å². The molecule has 1 saturated heterocycles. The van der Waals surface area contributed by atoms with Gasteiger partial charge in [0, 0.05) is 24.5 Å². The van der Waals surface area contributed by atoms with Gasteiger partial charge in [-0.05, 0) is 79.9 Å². The summed E-state index contributed by atoms with van der Waals surface area (Å²) in [5.41, 5.74) is 4.55. The summed E-state index contributed by atoms with van der Waals surface area (Å²) in [4.78, 5) is 32.9. The molecule has 0 bridgehead atoms. The van der Waals surface area contributed by atoms with Crippen LogP contribution in [0.25, 0.3) is 5.69 Å². The minimum atomic E-state index is -0.264. The Morgan fingerprint density at radius 2 is 1.71 bits per heavy atom. The van der Waals surface area contributed by atoms with E-state index in [1.807, 2.05) is 25.1 Å². The molecule has 1 aliphatic rings. The van der Waals surface area contributed by atoms with E-state index in [9.17, 15) is 9.59 Å². The highest BCUT2D eigenvalue weighted by atomic mass is 32.1. The molecular weight excluding hydrogens is 500 g/mol. The van der Waals surface area contributed by atoms with Crippen molar-refractivity contribution in [3.05, 3.63) is 88.1 Å². The maximum absolute atomic E-state index is 12.9. The van der Waals surface area contributed by atoms with Gasteiger partial charge >= 0.3 is 0 Å². The van der Waals surface area contributed by atoms with E-state index >= 15 is 0 Å². The van der Waals surface area contributed by atoms with E-state index in [-0.39, 0.29) is 11.8 Å². The predicted molar refractivity (Wildman–Crippen MR) is 148 cm³/mol. The van der Waals surface area contributed by atoms with Gasteiger partial charge < -0.3 is 15.4 Å². The lowest BCUT2D eigenvalue weighted by atomic mass is 10.0. The molecule has 0 unspecified atom stereocenters. The van der Waals surface area contributed by atoms with E-state index in [0.29, 0.717) is 15.4 Å². The third-order valence-electron chi connectivity index (χ3n) is 6.44. The predicted octanol–water partition coefficient (Wildman–Crippen LogP) is 4.41. The van der Waals surface area contributed by atoms with Gasteiger partial charge in [0.25, 0.3) is 11.8 Å². The fourth-order valence-corrected chi connectivity index (χ4v) is 5.15. The third kappa shape index (κ3) is 6.52. The summed E-state index contributed by atoms with van der Waals surface area (Å²) < 4.78 is 7.05. The van der Waals surface area contributed by atoms with Gasteiger partial charge in [-0.2, -0.15) is 5.10 Å². The SMILES string of the molecule is Cc1cc(CCCN2CCOCC2)ccc1NC(=O)c1ccc(C(=O)Nc2ccc(-n3cncn3)cc2)s1. The van der Waals surface area contributed by atoms with E-state index in [4.69, 9.17) is 4.74 Å². The second-order valence-corrected chi connectivity index (χ2v) is 10.2. The smallest absolute Gasteiger partial charge is 0.265 e. The Morgan fingerprint density at radius 1 is 0.974 bits per heavy atom. The van der Waals surface area contributed by atoms with Crippen LogP contribution in [-0.2, 0) is 11.2 Å². The Labute approximate surface area is 225 Å². The summed E-state index contributed by atoms with van der Waals surface area (Å²) in [6.45, 7) is 6.74. The van der Waals surface area contributed by atoms with Gasteiger partial charge in [-0.15, -0.1) is 11.3 Å². The number of amides is 2. The van der Waals surface area contributed by atoms with E-state index < -0.39 is 0 Å². The number of hydrogen-bond donors (Lipinski definition) is 2. The molecule has 0 atom stereocenters. The molecule has 38 heavy (non-hydrogen) atoms. The van der Waals surface area contributed by atoms with E-state index in [1.165, 1.54) is 11.9 Å². The average molecular weight is 531 g/mol. The molecule has 0 radical (unpaired) electrons. The van der Waals surface area contributed by atoms with Crippen LogP contribution in [0.2, 0.25) is 0 Å². The Hall–Kier alpha value is -3.86. The number of nitrogens with one attached hydrogen (secondary N) is 2. The standard InChI is InChI=1S/C28H30N6O3S/c1-20-17-21(3-2-12-33-13-15-37-16-14-33)4-9-24(20)32-28(36)26-11-10-25(38-26)27(35)31-22-5-7-23(8-6-22)34-19-29-18-30-34/h4-11,17-19H,2-3,12-16H2,1H3,(H,31,35)(H,32,36). The number of thiophene rings is 1. The Kier molecular flexibility index (Phi) is 8.22. The molecule has 10 heteroatoms. The van der Waals surface area contributed by atoms with Crippen molar-refractivity contribution in [2.45, 2.75) is 19.8 Å². The Bertz CT molecular complexity index is 1380. The largest absolute Gasteiger partial charge is 0.379 e. The first-order valence-electron chi connectivity index (χ1n) is 12.6. The van der Waals surface area contributed by atoms with Crippen molar-refractivity contribution in [3.8, 4) is 5.69 Å². The second kappa shape index (κ2) is 12.1. The summed E-state index contributed by atoms with van der Waals surface area (Å²) in [7, 11) is 0. The van der Waals surface area contributed by atoms with Crippen LogP contribution < -0.4 is 10.6 Å². The minimum Gasteiger partial charge on any atom is -0.379 e.